The highest BCUT2D eigenvalue weighted by molar-refractivity contribution is 6.32. The lowest BCUT2D eigenvalue weighted by atomic mass is 10.0. The SMILES string of the molecule is CC(=O)Cc1c(Cl)cc(C=O)c2c1OCCO2. The molecular weight excluding hydrogens is 244 g/mol. The summed E-state index contributed by atoms with van der Waals surface area (Å²) in [4.78, 5) is 22.1. The van der Waals surface area contributed by atoms with Crippen LogP contribution in [-0.2, 0) is 11.2 Å². The molecule has 0 N–H and O–H groups in total. The number of benzene rings is 1. The van der Waals surface area contributed by atoms with Gasteiger partial charge in [-0.15, -0.1) is 0 Å². The molecular formula is C12H11ClO4. The molecule has 0 unspecified atom stereocenters. The molecule has 0 saturated heterocycles. The first kappa shape index (κ1) is 11.9. The maximum Gasteiger partial charge on any atom is 0.172 e. The number of carbonyl (C=O) groups is 2. The van der Waals surface area contributed by atoms with Crippen LogP contribution in [0.2, 0.25) is 5.02 Å². The number of carbonyl (C=O) groups excluding carboxylic acids is 2. The summed E-state index contributed by atoms with van der Waals surface area (Å²) in [5.74, 6) is 0.773. The topological polar surface area (TPSA) is 52.6 Å². The van der Waals surface area contributed by atoms with Crippen LogP contribution in [0.25, 0.3) is 0 Å². The summed E-state index contributed by atoms with van der Waals surface area (Å²) in [6.07, 6.45) is 0.834. The molecule has 0 radical (unpaired) electrons. The zero-order valence-electron chi connectivity index (χ0n) is 9.29. The average molecular weight is 255 g/mol. The lowest BCUT2D eigenvalue weighted by Gasteiger charge is -2.23. The molecule has 0 fully saturated rings. The molecule has 1 aliphatic heterocycles. The first-order valence-electron chi connectivity index (χ1n) is 5.19. The van der Waals surface area contributed by atoms with Crippen molar-refractivity contribution in [3.8, 4) is 11.5 Å². The Balaban J connectivity index is 2.58. The van der Waals surface area contributed by atoms with Crippen LogP contribution < -0.4 is 9.47 Å². The fraction of sp³-hybridized carbons (Fsp3) is 0.333. The molecule has 90 valence electrons. The zero-order chi connectivity index (χ0) is 12.4. The van der Waals surface area contributed by atoms with Crippen molar-refractivity contribution in [2.45, 2.75) is 13.3 Å². The Bertz CT molecular complexity index is 482. The second kappa shape index (κ2) is 4.75. The van der Waals surface area contributed by atoms with Crippen molar-refractivity contribution in [1.82, 2.24) is 0 Å². The largest absolute Gasteiger partial charge is 0.486 e. The summed E-state index contributed by atoms with van der Waals surface area (Å²) in [5.41, 5.74) is 0.927. The maximum atomic E-state index is 11.2. The number of rotatable bonds is 3. The molecule has 2 rings (SSSR count). The highest BCUT2D eigenvalue weighted by Gasteiger charge is 2.23. The van der Waals surface area contributed by atoms with E-state index < -0.39 is 0 Å². The van der Waals surface area contributed by atoms with Crippen LogP contribution in [-0.4, -0.2) is 25.3 Å². The van der Waals surface area contributed by atoms with Gasteiger partial charge < -0.3 is 9.47 Å². The molecule has 0 atom stereocenters. The number of fused-ring (bicyclic) bond motifs is 1. The van der Waals surface area contributed by atoms with Crippen molar-refractivity contribution in [1.29, 1.82) is 0 Å². The van der Waals surface area contributed by atoms with Crippen LogP contribution in [0.15, 0.2) is 6.07 Å². The molecule has 0 aromatic heterocycles. The third-order valence-corrected chi connectivity index (χ3v) is 2.78. The van der Waals surface area contributed by atoms with Gasteiger partial charge in [0.25, 0.3) is 0 Å². The van der Waals surface area contributed by atoms with Gasteiger partial charge in [-0.25, -0.2) is 0 Å². The van der Waals surface area contributed by atoms with Gasteiger partial charge in [0.1, 0.15) is 19.0 Å². The number of Topliss-reactive ketones (excluding diaryl/α,β-unsaturated/α-hetero) is 1. The summed E-state index contributed by atoms with van der Waals surface area (Å²) in [6, 6.07) is 1.50. The van der Waals surface area contributed by atoms with Gasteiger partial charge in [0, 0.05) is 17.0 Å². The molecule has 0 aliphatic carbocycles. The normalized spacial score (nSPS) is 13.3. The zero-order valence-corrected chi connectivity index (χ0v) is 10.0. The standard InChI is InChI=1S/C12H11ClO4/c1-7(15)4-9-10(13)5-8(6-14)11-12(9)17-3-2-16-11/h5-6H,2-4H2,1H3. The number of ketones is 1. The van der Waals surface area contributed by atoms with E-state index >= 15 is 0 Å². The lowest BCUT2D eigenvalue weighted by Crippen LogP contribution is -2.18. The van der Waals surface area contributed by atoms with Crippen LogP contribution in [0.5, 0.6) is 11.5 Å². The molecule has 0 saturated carbocycles. The van der Waals surface area contributed by atoms with Crippen LogP contribution >= 0.6 is 11.6 Å². The van der Waals surface area contributed by atoms with Crippen molar-refractivity contribution < 1.29 is 19.1 Å². The lowest BCUT2D eigenvalue weighted by molar-refractivity contribution is -0.116. The molecule has 1 aromatic rings. The van der Waals surface area contributed by atoms with Gasteiger partial charge in [-0.1, -0.05) is 11.6 Å². The Hall–Kier alpha value is -1.55. The van der Waals surface area contributed by atoms with Gasteiger partial charge in [0.2, 0.25) is 0 Å². The summed E-state index contributed by atoms with van der Waals surface area (Å²) in [5, 5.41) is 0.353. The van der Waals surface area contributed by atoms with Gasteiger partial charge in [0.15, 0.2) is 17.8 Å². The Morgan fingerprint density at radius 3 is 2.65 bits per heavy atom. The second-order valence-electron chi connectivity index (χ2n) is 3.78. The van der Waals surface area contributed by atoms with Crippen molar-refractivity contribution in [2.75, 3.05) is 13.2 Å². The fourth-order valence-corrected chi connectivity index (χ4v) is 2.03. The van der Waals surface area contributed by atoms with Crippen molar-refractivity contribution in [2.24, 2.45) is 0 Å². The van der Waals surface area contributed by atoms with Crippen molar-refractivity contribution >= 4 is 23.7 Å². The maximum absolute atomic E-state index is 11.2. The minimum Gasteiger partial charge on any atom is -0.486 e. The van der Waals surface area contributed by atoms with Gasteiger partial charge >= 0.3 is 0 Å². The average Bonchev–Trinajstić information content (AvgIpc) is 2.32. The summed E-state index contributed by atoms with van der Waals surface area (Å²) in [6.45, 7) is 2.24. The van der Waals surface area contributed by atoms with Crippen LogP contribution in [0.1, 0.15) is 22.8 Å². The molecule has 0 spiro atoms. The van der Waals surface area contributed by atoms with Gasteiger partial charge in [-0.3, -0.25) is 9.59 Å². The molecule has 1 heterocycles. The second-order valence-corrected chi connectivity index (χ2v) is 4.19. The monoisotopic (exact) mass is 254 g/mol. The molecule has 0 amide bonds. The predicted octanol–water partition coefficient (Wildman–Crippen LogP) is 2.06. The minimum absolute atomic E-state index is 0.0258. The van der Waals surface area contributed by atoms with Gasteiger partial charge in [-0.05, 0) is 13.0 Å². The number of aldehydes is 1. The first-order valence-corrected chi connectivity index (χ1v) is 5.57. The van der Waals surface area contributed by atoms with E-state index in [2.05, 4.69) is 0 Å². The number of hydrogen-bond donors (Lipinski definition) is 0. The Labute approximate surface area is 103 Å². The van der Waals surface area contributed by atoms with Crippen molar-refractivity contribution in [3.63, 3.8) is 0 Å². The van der Waals surface area contributed by atoms with E-state index in [0.717, 1.165) is 0 Å². The molecule has 5 heteroatoms. The Morgan fingerprint density at radius 2 is 2.06 bits per heavy atom. The molecule has 1 aliphatic rings. The van der Waals surface area contributed by atoms with Crippen LogP contribution in [0.3, 0.4) is 0 Å². The number of hydrogen-bond acceptors (Lipinski definition) is 4. The van der Waals surface area contributed by atoms with E-state index in [4.69, 9.17) is 21.1 Å². The fourth-order valence-electron chi connectivity index (χ4n) is 1.76. The van der Waals surface area contributed by atoms with Crippen LogP contribution in [0.4, 0.5) is 0 Å². The van der Waals surface area contributed by atoms with Crippen molar-refractivity contribution in [3.05, 3.63) is 22.2 Å². The molecule has 1 aromatic carbocycles. The third kappa shape index (κ3) is 2.26. The third-order valence-electron chi connectivity index (χ3n) is 2.44. The van der Waals surface area contributed by atoms with E-state index in [1.54, 1.807) is 0 Å². The highest BCUT2D eigenvalue weighted by Crippen LogP contribution is 2.41. The number of halogens is 1. The van der Waals surface area contributed by atoms with E-state index in [9.17, 15) is 9.59 Å². The van der Waals surface area contributed by atoms with Gasteiger partial charge in [-0.2, -0.15) is 0 Å². The van der Waals surface area contributed by atoms with E-state index in [-0.39, 0.29) is 12.2 Å². The summed E-state index contributed by atoms with van der Waals surface area (Å²) < 4.78 is 10.9. The molecule has 4 nitrogen and oxygen atoms in total. The highest BCUT2D eigenvalue weighted by atomic mass is 35.5. The summed E-state index contributed by atoms with van der Waals surface area (Å²) in [7, 11) is 0. The first-order chi connectivity index (χ1) is 8.13. The Morgan fingerprint density at radius 1 is 1.41 bits per heavy atom. The quantitative estimate of drug-likeness (QED) is 0.775. The molecule has 0 bridgehead atoms. The number of ether oxygens (including phenoxy) is 2. The van der Waals surface area contributed by atoms with E-state index in [1.807, 2.05) is 0 Å². The van der Waals surface area contributed by atoms with E-state index in [0.29, 0.717) is 47.1 Å². The molecule has 17 heavy (non-hydrogen) atoms. The predicted molar refractivity (Wildman–Crippen MR) is 62.2 cm³/mol. The smallest absolute Gasteiger partial charge is 0.172 e. The van der Waals surface area contributed by atoms with Crippen LogP contribution in [0, 0.1) is 0 Å². The van der Waals surface area contributed by atoms with E-state index in [1.165, 1.54) is 13.0 Å². The minimum atomic E-state index is -0.0258. The summed E-state index contributed by atoms with van der Waals surface area (Å²) >= 11 is 6.04. The Kier molecular flexibility index (Phi) is 3.33. The van der Waals surface area contributed by atoms with Gasteiger partial charge in [0.05, 0.1) is 5.56 Å².